The van der Waals surface area contributed by atoms with E-state index in [1.807, 2.05) is 6.07 Å². The highest BCUT2D eigenvalue weighted by Crippen LogP contribution is 2.25. The molecule has 0 saturated carbocycles. The van der Waals surface area contributed by atoms with Gasteiger partial charge in [-0.1, -0.05) is 34.6 Å². The smallest absolute Gasteiger partial charge is 0.269 e. The summed E-state index contributed by atoms with van der Waals surface area (Å²) in [5.74, 6) is 0.585. The Kier molecular flexibility index (Phi) is 9.19. The van der Waals surface area contributed by atoms with Crippen molar-refractivity contribution in [2.45, 2.75) is 65.0 Å². The zero-order valence-corrected chi connectivity index (χ0v) is 25.6. The summed E-state index contributed by atoms with van der Waals surface area (Å²) < 4.78 is 40.9. The van der Waals surface area contributed by atoms with Gasteiger partial charge in [-0.05, 0) is 49.2 Å². The average Bonchev–Trinajstić information content (AvgIpc) is 3.68. The molecule has 0 bridgehead atoms. The molecule has 9 nitrogen and oxygen atoms in total. The zero-order valence-electron chi connectivity index (χ0n) is 24.0. The Morgan fingerprint density at radius 3 is 2.41 bits per heavy atom. The maximum atomic E-state index is 13.5. The predicted molar refractivity (Wildman–Crippen MR) is 158 cm³/mol. The molecule has 0 spiro atoms. The topological polar surface area (TPSA) is 123 Å². The van der Waals surface area contributed by atoms with Crippen LogP contribution in [0.25, 0.3) is 23.0 Å². The predicted octanol–water partition coefficient (Wildman–Crippen LogP) is 3.50. The van der Waals surface area contributed by atoms with Gasteiger partial charge in [-0.3, -0.25) is 14.2 Å². The first-order chi connectivity index (χ1) is 19.4. The molecule has 0 radical (unpaired) electrons. The van der Waals surface area contributed by atoms with Crippen molar-refractivity contribution in [2.24, 2.45) is 5.41 Å². The fraction of sp³-hybridized carbons (Fsp3) is 0.433. The number of sulfonamides is 1. The summed E-state index contributed by atoms with van der Waals surface area (Å²) in [7, 11) is -3.57. The van der Waals surface area contributed by atoms with E-state index in [0.29, 0.717) is 46.0 Å². The van der Waals surface area contributed by atoms with E-state index in [-0.39, 0.29) is 34.5 Å². The molecular weight excluding hydrogens is 562 g/mol. The van der Waals surface area contributed by atoms with Crippen molar-refractivity contribution >= 4 is 38.8 Å². The van der Waals surface area contributed by atoms with Crippen LogP contribution in [0.2, 0.25) is 0 Å². The van der Waals surface area contributed by atoms with Crippen molar-refractivity contribution in [3.8, 4) is 17.4 Å². The van der Waals surface area contributed by atoms with E-state index < -0.39 is 15.4 Å². The summed E-state index contributed by atoms with van der Waals surface area (Å²) in [4.78, 5) is 26.9. The molecule has 4 rings (SSSR count). The van der Waals surface area contributed by atoms with Crippen molar-refractivity contribution in [3.63, 3.8) is 0 Å². The van der Waals surface area contributed by atoms with Gasteiger partial charge in [0, 0.05) is 36.8 Å². The number of carbonyl (C=O) groups is 1. The van der Waals surface area contributed by atoms with Gasteiger partial charge in [0.2, 0.25) is 10.0 Å². The maximum Gasteiger partial charge on any atom is 0.269 e. The highest BCUT2D eigenvalue weighted by molar-refractivity contribution is 7.89. The van der Waals surface area contributed by atoms with Crippen molar-refractivity contribution in [1.82, 2.24) is 8.87 Å². The number of carbonyl (C=O) groups excluding carboxylic acids is 1. The van der Waals surface area contributed by atoms with Gasteiger partial charge in [0.15, 0.2) is 5.78 Å². The number of ketones is 1. The van der Waals surface area contributed by atoms with E-state index in [2.05, 4.69) is 0 Å². The third-order valence-electron chi connectivity index (χ3n) is 6.93. The third-order valence-corrected chi connectivity index (χ3v) is 10.1. The number of rotatable bonds is 9. The van der Waals surface area contributed by atoms with Crippen LogP contribution in [0.4, 0.5) is 0 Å². The van der Waals surface area contributed by atoms with Crippen LogP contribution in [0, 0.1) is 16.7 Å². The lowest BCUT2D eigenvalue weighted by molar-refractivity contribution is -0.120. The number of furan rings is 1. The van der Waals surface area contributed by atoms with E-state index in [1.54, 1.807) is 77.1 Å². The molecule has 218 valence electrons. The number of hydrogen-bond donors (Lipinski definition) is 0. The molecule has 1 aliphatic heterocycles. The minimum Gasteiger partial charge on any atom is -0.457 e. The minimum absolute atomic E-state index is 0.0443. The van der Waals surface area contributed by atoms with Crippen LogP contribution in [-0.2, 0) is 26.1 Å². The molecule has 1 fully saturated rings. The lowest BCUT2D eigenvalue weighted by Crippen LogP contribution is -2.37. The van der Waals surface area contributed by atoms with Crippen LogP contribution >= 0.6 is 11.3 Å². The Morgan fingerprint density at radius 2 is 1.85 bits per heavy atom. The molecule has 41 heavy (non-hydrogen) atoms. The fourth-order valence-corrected chi connectivity index (χ4v) is 7.20. The Bertz CT molecular complexity index is 1740. The number of ether oxygens (including phenoxy) is 1. The van der Waals surface area contributed by atoms with E-state index in [9.17, 15) is 23.3 Å². The summed E-state index contributed by atoms with van der Waals surface area (Å²) in [5.41, 5.74) is -0.475. The third kappa shape index (κ3) is 6.46. The van der Waals surface area contributed by atoms with Crippen molar-refractivity contribution in [3.05, 3.63) is 61.7 Å². The summed E-state index contributed by atoms with van der Waals surface area (Å²) in [5, 5.41) is 9.93. The van der Waals surface area contributed by atoms with Gasteiger partial charge in [-0.15, -0.1) is 11.3 Å². The first-order valence-electron chi connectivity index (χ1n) is 13.6. The molecule has 3 aromatic rings. The molecule has 0 aliphatic carbocycles. The van der Waals surface area contributed by atoms with Gasteiger partial charge < -0.3 is 9.15 Å². The molecule has 1 aliphatic rings. The molecule has 0 N–H and O–H groups in total. The molecule has 0 unspecified atom stereocenters. The number of thiazole rings is 1. The second-order valence-corrected chi connectivity index (χ2v) is 13.8. The van der Waals surface area contributed by atoms with Crippen LogP contribution in [0.1, 0.15) is 53.2 Å². The van der Waals surface area contributed by atoms with Crippen LogP contribution in [-0.4, -0.2) is 48.9 Å². The lowest BCUT2D eigenvalue weighted by atomic mass is 9.87. The van der Waals surface area contributed by atoms with E-state index in [0.717, 1.165) is 24.2 Å². The molecule has 0 amide bonds. The first-order valence-corrected chi connectivity index (χ1v) is 15.9. The Morgan fingerprint density at radius 1 is 1.17 bits per heavy atom. The van der Waals surface area contributed by atoms with E-state index in [4.69, 9.17) is 9.15 Å². The number of Topliss-reactive ketones (excluding diaryl/α,β-unsaturated/α-hetero) is 1. The molecular formula is C30H35N3O6S2. The molecule has 3 heterocycles. The first kappa shape index (κ1) is 30.7. The van der Waals surface area contributed by atoms with Gasteiger partial charge in [-0.25, -0.2) is 8.42 Å². The second kappa shape index (κ2) is 12.3. The van der Waals surface area contributed by atoms with Crippen molar-refractivity contribution in [1.29, 1.82) is 5.26 Å². The van der Waals surface area contributed by atoms with Gasteiger partial charge in [-0.2, -0.15) is 9.57 Å². The maximum absolute atomic E-state index is 13.5. The quantitative estimate of drug-likeness (QED) is 0.370. The largest absolute Gasteiger partial charge is 0.457 e. The van der Waals surface area contributed by atoms with Gasteiger partial charge >= 0.3 is 0 Å². The summed E-state index contributed by atoms with van der Waals surface area (Å²) in [6.45, 7) is 10.5. The van der Waals surface area contributed by atoms with E-state index >= 15 is 0 Å². The summed E-state index contributed by atoms with van der Waals surface area (Å²) in [6, 6.07) is 12.0. The highest BCUT2D eigenvalue weighted by Gasteiger charge is 2.28. The average molecular weight is 598 g/mol. The molecule has 2 aromatic heterocycles. The van der Waals surface area contributed by atoms with Crippen LogP contribution in [0.15, 0.2) is 50.5 Å². The standard InChI is InChI=1S/C30H35N3O6S2/c1-6-32(7-2)41(36,37)23-13-10-20(11-14-23)25-15-12-21(39-25)17-26-28(35)33(19-22-9-8-16-38-22)29(40-26)24(18-31)27(34)30(3,4)5/h10-15,17,22H,6-9,16,19H2,1-5H3/b26-17-,29-24+/t22-/m1/s1. The van der Waals surface area contributed by atoms with E-state index in [1.165, 1.54) is 8.87 Å². The number of hydrogen-bond acceptors (Lipinski definition) is 8. The van der Waals surface area contributed by atoms with Crippen LogP contribution < -0.4 is 14.8 Å². The molecule has 11 heteroatoms. The SMILES string of the molecule is CCN(CC)S(=O)(=O)c1ccc(-c2ccc(/C=c3\s/c(=C(\C#N)C(=O)C(C)(C)C)n(C[C@H]4CCCO4)c3=O)o2)cc1. The molecule has 1 aromatic carbocycles. The normalized spacial score (nSPS) is 17.2. The Labute approximate surface area is 244 Å². The molecule has 1 atom stereocenters. The number of benzene rings is 1. The minimum atomic E-state index is -3.57. The second-order valence-electron chi connectivity index (χ2n) is 10.8. The number of nitrogens with zero attached hydrogens (tertiary/aromatic N) is 3. The van der Waals surface area contributed by atoms with Crippen LogP contribution in [0.3, 0.4) is 0 Å². The van der Waals surface area contributed by atoms with Gasteiger partial charge in [0.1, 0.15) is 27.8 Å². The Balaban J connectivity index is 1.75. The van der Waals surface area contributed by atoms with Crippen LogP contribution in [0.5, 0.6) is 0 Å². The molecule has 1 saturated heterocycles. The van der Waals surface area contributed by atoms with Gasteiger partial charge in [0.05, 0.1) is 22.1 Å². The van der Waals surface area contributed by atoms with Gasteiger partial charge in [0.25, 0.3) is 5.56 Å². The summed E-state index contributed by atoms with van der Waals surface area (Å²) in [6.07, 6.45) is 3.13. The highest BCUT2D eigenvalue weighted by atomic mass is 32.2. The summed E-state index contributed by atoms with van der Waals surface area (Å²) >= 11 is 1.09. The number of aromatic nitrogens is 1. The number of nitriles is 1. The Hall–Kier alpha value is -3.30. The fourth-order valence-electron chi connectivity index (χ4n) is 4.65. The zero-order chi connectivity index (χ0) is 29.9. The van der Waals surface area contributed by atoms with Crippen molar-refractivity contribution in [2.75, 3.05) is 19.7 Å². The van der Waals surface area contributed by atoms with Crippen molar-refractivity contribution < 1.29 is 22.4 Å². The monoisotopic (exact) mass is 597 g/mol. The lowest BCUT2D eigenvalue weighted by Gasteiger charge is -2.18.